The zero-order valence-corrected chi connectivity index (χ0v) is 7.37. The average molecular weight is 180 g/mol. The van der Waals surface area contributed by atoms with Gasteiger partial charge in [-0.1, -0.05) is 13.0 Å². The molecule has 1 rings (SSSR count). The number of nitrogens with two attached hydrogens (primary N) is 1. The van der Waals surface area contributed by atoms with Gasteiger partial charge >= 0.3 is 6.09 Å². The van der Waals surface area contributed by atoms with Crippen molar-refractivity contribution in [1.82, 2.24) is 0 Å². The largest absolute Gasteiger partial charge is 0.465 e. The molecule has 0 aliphatic heterocycles. The zero-order chi connectivity index (χ0) is 9.84. The summed E-state index contributed by atoms with van der Waals surface area (Å²) in [5.41, 5.74) is 7.70. The molecule has 0 aliphatic rings. The molecular weight excluding hydrogens is 168 g/mol. The Hall–Kier alpha value is -1.71. The lowest BCUT2D eigenvalue weighted by molar-refractivity contribution is 0.209. The maximum Gasteiger partial charge on any atom is 0.409 e. The lowest BCUT2D eigenvalue weighted by atomic mass is 10.1. The summed E-state index contributed by atoms with van der Waals surface area (Å²) in [6.07, 6.45) is -0.359. The number of rotatable bonds is 2. The van der Waals surface area contributed by atoms with Crippen LogP contribution in [0.25, 0.3) is 0 Å². The highest BCUT2D eigenvalue weighted by Gasteiger charge is 2.05. The van der Waals surface area contributed by atoms with E-state index in [-0.39, 0.29) is 0 Å². The summed E-state index contributed by atoms with van der Waals surface area (Å²) in [7, 11) is 0. The summed E-state index contributed by atoms with van der Waals surface area (Å²) in [4.78, 5) is 10.4. The molecule has 0 saturated heterocycles. The fourth-order valence-electron chi connectivity index (χ4n) is 1.23. The molecule has 4 nitrogen and oxygen atoms in total. The first kappa shape index (κ1) is 9.38. The van der Waals surface area contributed by atoms with Crippen LogP contribution >= 0.6 is 0 Å². The van der Waals surface area contributed by atoms with Gasteiger partial charge in [0.05, 0.1) is 0 Å². The van der Waals surface area contributed by atoms with Gasteiger partial charge in [-0.2, -0.15) is 0 Å². The Balaban J connectivity index is 3.05. The molecule has 1 amide bonds. The van der Waals surface area contributed by atoms with Crippen LogP contribution in [0.5, 0.6) is 0 Å². The van der Waals surface area contributed by atoms with Crippen molar-refractivity contribution in [3.63, 3.8) is 0 Å². The minimum Gasteiger partial charge on any atom is -0.465 e. The second-order valence-electron chi connectivity index (χ2n) is 2.66. The number of hydrogen-bond acceptors (Lipinski definition) is 2. The van der Waals surface area contributed by atoms with Crippen molar-refractivity contribution >= 4 is 17.5 Å². The summed E-state index contributed by atoms with van der Waals surface area (Å²) < 4.78 is 0. The molecule has 1 aromatic rings. The van der Waals surface area contributed by atoms with E-state index in [1.807, 2.05) is 6.92 Å². The Morgan fingerprint density at radius 2 is 2.31 bits per heavy atom. The van der Waals surface area contributed by atoms with Crippen LogP contribution < -0.4 is 11.1 Å². The number of nitrogen functional groups attached to an aromatic ring is 1. The summed E-state index contributed by atoms with van der Waals surface area (Å²) in [5, 5.41) is 10.8. The van der Waals surface area contributed by atoms with E-state index in [0.717, 1.165) is 5.56 Å². The molecule has 0 atom stereocenters. The van der Waals surface area contributed by atoms with Gasteiger partial charge in [-0.25, -0.2) is 4.79 Å². The van der Waals surface area contributed by atoms with Gasteiger partial charge in [0.2, 0.25) is 0 Å². The van der Waals surface area contributed by atoms with Gasteiger partial charge in [0.1, 0.15) is 0 Å². The molecule has 1 aromatic carbocycles. The first-order valence-electron chi connectivity index (χ1n) is 4.02. The van der Waals surface area contributed by atoms with Gasteiger partial charge in [-0.3, -0.25) is 5.32 Å². The monoisotopic (exact) mass is 180 g/mol. The molecule has 0 radical (unpaired) electrons. The molecule has 70 valence electrons. The highest BCUT2D eigenvalue weighted by molar-refractivity contribution is 5.85. The Morgan fingerprint density at radius 1 is 1.62 bits per heavy atom. The molecule has 0 aromatic heterocycles. The van der Waals surface area contributed by atoms with E-state index in [2.05, 4.69) is 5.32 Å². The quantitative estimate of drug-likeness (QED) is 0.608. The third kappa shape index (κ3) is 2.11. The first-order valence-corrected chi connectivity index (χ1v) is 4.02. The predicted octanol–water partition coefficient (Wildman–Crippen LogP) is 1.92. The number of carbonyl (C=O) groups is 1. The van der Waals surface area contributed by atoms with E-state index in [9.17, 15) is 4.79 Å². The minimum atomic E-state index is -1.07. The van der Waals surface area contributed by atoms with Crippen LogP contribution in [0.2, 0.25) is 0 Å². The average Bonchev–Trinajstić information content (AvgIpc) is 2.03. The van der Waals surface area contributed by atoms with Gasteiger partial charge in [-0.15, -0.1) is 0 Å². The second kappa shape index (κ2) is 3.80. The number of benzene rings is 1. The van der Waals surface area contributed by atoms with E-state index in [1.165, 1.54) is 0 Å². The minimum absolute atomic E-state index is 0.565. The molecule has 0 bridgehead atoms. The van der Waals surface area contributed by atoms with Crippen molar-refractivity contribution < 1.29 is 9.90 Å². The van der Waals surface area contributed by atoms with Crippen LogP contribution in [0.15, 0.2) is 18.2 Å². The van der Waals surface area contributed by atoms with Crippen molar-refractivity contribution in [3.8, 4) is 0 Å². The highest BCUT2D eigenvalue weighted by atomic mass is 16.4. The van der Waals surface area contributed by atoms with Crippen LogP contribution in [-0.2, 0) is 6.42 Å². The van der Waals surface area contributed by atoms with Gasteiger partial charge in [0.15, 0.2) is 0 Å². The maximum atomic E-state index is 10.4. The van der Waals surface area contributed by atoms with Crippen LogP contribution in [0.1, 0.15) is 12.5 Å². The van der Waals surface area contributed by atoms with Crippen molar-refractivity contribution in [3.05, 3.63) is 23.8 Å². The Labute approximate surface area is 76.4 Å². The molecule has 4 N–H and O–H groups in total. The number of hydrogen-bond donors (Lipinski definition) is 3. The van der Waals surface area contributed by atoms with E-state index in [0.29, 0.717) is 17.8 Å². The van der Waals surface area contributed by atoms with Crippen molar-refractivity contribution in [1.29, 1.82) is 0 Å². The number of carboxylic acid groups (broad SMARTS) is 1. The zero-order valence-electron chi connectivity index (χ0n) is 7.37. The highest BCUT2D eigenvalue weighted by Crippen LogP contribution is 2.22. The molecule has 0 unspecified atom stereocenters. The van der Waals surface area contributed by atoms with E-state index in [1.54, 1.807) is 18.2 Å². The third-order valence-electron chi connectivity index (χ3n) is 1.81. The van der Waals surface area contributed by atoms with Crippen LogP contribution in [0.4, 0.5) is 16.2 Å². The summed E-state index contributed by atoms with van der Waals surface area (Å²) in [6, 6.07) is 5.18. The molecule has 0 spiro atoms. The van der Waals surface area contributed by atoms with E-state index in [4.69, 9.17) is 10.8 Å². The molecule has 0 saturated carbocycles. The Morgan fingerprint density at radius 3 is 2.85 bits per heavy atom. The molecule has 0 aliphatic carbocycles. The standard InChI is InChI=1S/C9H12N2O2/c1-2-6-7(10)4-3-5-8(6)11-9(12)13/h3-5,11H,2,10H2,1H3,(H,12,13). The number of anilines is 2. The SMILES string of the molecule is CCc1c(N)cccc1NC(=O)O. The van der Waals surface area contributed by atoms with Gasteiger partial charge in [-0.05, 0) is 24.1 Å². The van der Waals surface area contributed by atoms with Crippen LogP contribution in [0.3, 0.4) is 0 Å². The summed E-state index contributed by atoms with van der Waals surface area (Å²) in [6.45, 7) is 1.93. The number of nitrogens with one attached hydrogen (secondary N) is 1. The normalized spacial score (nSPS) is 9.62. The van der Waals surface area contributed by atoms with Crippen molar-refractivity contribution in [2.75, 3.05) is 11.1 Å². The predicted molar refractivity (Wildman–Crippen MR) is 51.9 cm³/mol. The maximum absolute atomic E-state index is 10.4. The summed E-state index contributed by atoms with van der Waals surface area (Å²) >= 11 is 0. The number of amides is 1. The molecule has 0 heterocycles. The van der Waals surface area contributed by atoms with Crippen LogP contribution in [-0.4, -0.2) is 11.2 Å². The first-order chi connectivity index (χ1) is 6.15. The molecule has 0 fully saturated rings. The molecule has 4 heteroatoms. The van der Waals surface area contributed by atoms with Crippen molar-refractivity contribution in [2.24, 2.45) is 0 Å². The summed E-state index contributed by atoms with van der Waals surface area (Å²) in [5.74, 6) is 0. The van der Waals surface area contributed by atoms with Gasteiger partial charge < -0.3 is 10.8 Å². The second-order valence-corrected chi connectivity index (χ2v) is 2.66. The topological polar surface area (TPSA) is 75.3 Å². The fourth-order valence-corrected chi connectivity index (χ4v) is 1.23. The third-order valence-corrected chi connectivity index (χ3v) is 1.81. The molecular formula is C9H12N2O2. The lowest BCUT2D eigenvalue weighted by Gasteiger charge is -2.09. The lowest BCUT2D eigenvalue weighted by Crippen LogP contribution is -2.10. The van der Waals surface area contributed by atoms with Gasteiger partial charge in [0, 0.05) is 11.4 Å². The smallest absolute Gasteiger partial charge is 0.409 e. The van der Waals surface area contributed by atoms with E-state index < -0.39 is 6.09 Å². The molecule has 13 heavy (non-hydrogen) atoms. The van der Waals surface area contributed by atoms with Crippen molar-refractivity contribution in [2.45, 2.75) is 13.3 Å². The van der Waals surface area contributed by atoms with E-state index >= 15 is 0 Å². The Kier molecular flexibility index (Phi) is 2.74. The Bertz CT molecular complexity index is 323. The fraction of sp³-hybridized carbons (Fsp3) is 0.222. The van der Waals surface area contributed by atoms with Gasteiger partial charge in [0.25, 0.3) is 0 Å². The van der Waals surface area contributed by atoms with Crippen LogP contribution in [0, 0.1) is 0 Å².